The first-order valence-electron chi connectivity index (χ1n) is 9.40. The summed E-state index contributed by atoms with van der Waals surface area (Å²) in [6, 6.07) is 21.3. The molecule has 5 nitrogen and oxygen atoms in total. The number of hydrogen-bond acceptors (Lipinski definition) is 3. The number of aliphatic carboxylic acids is 1. The molecule has 3 aromatic carbocycles. The third kappa shape index (κ3) is 3.67. The summed E-state index contributed by atoms with van der Waals surface area (Å²) in [5.41, 5.74) is 3.73. The summed E-state index contributed by atoms with van der Waals surface area (Å²) >= 11 is 0. The molecule has 0 aliphatic carbocycles. The summed E-state index contributed by atoms with van der Waals surface area (Å²) in [5, 5.41) is 13.8. The van der Waals surface area contributed by atoms with Gasteiger partial charge in [-0.25, -0.2) is 9.78 Å². The van der Waals surface area contributed by atoms with Crippen molar-refractivity contribution in [2.75, 3.05) is 0 Å². The number of hydrogen-bond donors (Lipinski definition) is 2. The van der Waals surface area contributed by atoms with Crippen molar-refractivity contribution in [3.63, 3.8) is 0 Å². The van der Waals surface area contributed by atoms with Gasteiger partial charge in [0.05, 0.1) is 16.6 Å². The van der Waals surface area contributed by atoms with E-state index in [1.807, 2.05) is 79.7 Å². The first-order valence-corrected chi connectivity index (χ1v) is 9.40. The quantitative estimate of drug-likeness (QED) is 0.507. The molecule has 0 saturated heterocycles. The smallest absolute Gasteiger partial charge is 0.326 e. The van der Waals surface area contributed by atoms with Crippen LogP contribution in [0.1, 0.15) is 21.5 Å². The predicted molar refractivity (Wildman–Crippen MR) is 113 cm³/mol. The van der Waals surface area contributed by atoms with Crippen molar-refractivity contribution in [3.8, 4) is 0 Å². The molecular weight excluding hydrogens is 364 g/mol. The van der Waals surface area contributed by atoms with Crippen LogP contribution in [0.2, 0.25) is 0 Å². The van der Waals surface area contributed by atoms with Gasteiger partial charge in [-0.1, -0.05) is 60.7 Å². The van der Waals surface area contributed by atoms with Crippen molar-refractivity contribution in [3.05, 3.63) is 89.5 Å². The number of nitrogens with zero attached hydrogens (tertiary/aromatic N) is 1. The fourth-order valence-electron chi connectivity index (χ4n) is 3.57. The minimum atomic E-state index is -1.07. The van der Waals surface area contributed by atoms with E-state index in [9.17, 15) is 14.7 Å². The van der Waals surface area contributed by atoms with Crippen LogP contribution in [-0.2, 0) is 11.2 Å². The molecule has 29 heavy (non-hydrogen) atoms. The molecule has 0 radical (unpaired) electrons. The van der Waals surface area contributed by atoms with Gasteiger partial charge in [0.15, 0.2) is 0 Å². The number of carbonyl (C=O) groups is 2. The van der Waals surface area contributed by atoms with Crippen molar-refractivity contribution >= 4 is 33.7 Å². The molecule has 2 N–H and O–H groups in total. The van der Waals surface area contributed by atoms with Gasteiger partial charge in [-0.15, -0.1) is 0 Å². The molecule has 0 bridgehead atoms. The fourth-order valence-corrected chi connectivity index (χ4v) is 3.57. The Morgan fingerprint density at radius 1 is 0.897 bits per heavy atom. The molecular formula is C24H20N2O3. The molecule has 0 spiro atoms. The number of para-hydroxylation sites is 2. The maximum Gasteiger partial charge on any atom is 0.326 e. The molecule has 1 amide bonds. The van der Waals surface area contributed by atoms with Gasteiger partial charge in [0.1, 0.15) is 6.04 Å². The van der Waals surface area contributed by atoms with Crippen molar-refractivity contribution in [1.82, 2.24) is 10.3 Å². The maximum absolute atomic E-state index is 13.3. The third-order valence-electron chi connectivity index (χ3n) is 5.10. The van der Waals surface area contributed by atoms with E-state index in [2.05, 4.69) is 10.3 Å². The van der Waals surface area contributed by atoms with Gasteiger partial charge in [-0.05, 0) is 30.2 Å². The van der Waals surface area contributed by atoms with Crippen LogP contribution >= 0.6 is 0 Å². The van der Waals surface area contributed by atoms with Crippen LogP contribution < -0.4 is 5.32 Å². The highest BCUT2D eigenvalue weighted by Crippen LogP contribution is 2.26. The molecule has 0 aliphatic rings. The SMILES string of the molecule is Cc1ccccc1C[C@H](NC(=O)c1c2ccccc2nc2ccccc12)C(=O)O. The molecule has 5 heteroatoms. The lowest BCUT2D eigenvalue weighted by Gasteiger charge is -2.17. The van der Waals surface area contributed by atoms with Gasteiger partial charge in [0.25, 0.3) is 5.91 Å². The summed E-state index contributed by atoms with van der Waals surface area (Å²) in [5.74, 6) is -1.48. The maximum atomic E-state index is 13.3. The Balaban J connectivity index is 1.75. The van der Waals surface area contributed by atoms with Gasteiger partial charge in [-0.3, -0.25) is 4.79 Å². The average Bonchev–Trinajstić information content (AvgIpc) is 2.72. The number of carboxylic acid groups (broad SMARTS) is 1. The van der Waals surface area contributed by atoms with E-state index in [0.717, 1.165) is 11.1 Å². The Hall–Kier alpha value is -3.73. The minimum Gasteiger partial charge on any atom is -0.480 e. The lowest BCUT2D eigenvalue weighted by molar-refractivity contribution is -0.139. The molecule has 1 atom stereocenters. The van der Waals surface area contributed by atoms with E-state index in [1.165, 1.54) is 0 Å². The Labute approximate surface area is 168 Å². The van der Waals surface area contributed by atoms with Gasteiger partial charge in [0, 0.05) is 17.2 Å². The number of carbonyl (C=O) groups excluding carboxylic acids is 1. The minimum absolute atomic E-state index is 0.217. The number of aryl methyl sites for hydroxylation is 1. The molecule has 4 rings (SSSR count). The predicted octanol–water partition coefficient (Wildman–Crippen LogP) is 4.12. The van der Waals surface area contributed by atoms with E-state index in [1.54, 1.807) is 0 Å². The third-order valence-corrected chi connectivity index (χ3v) is 5.10. The Morgan fingerprint density at radius 3 is 2.03 bits per heavy atom. The summed E-state index contributed by atoms with van der Waals surface area (Å²) in [7, 11) is 0. The van der Waals surface area contributed by atoms with Crippen LogP contribution in [0.4, 0.5) is 0 Å². The zero-order valence-electron chi connectivity index (χ0n) is 15.9. The second-order valence-corrected chi connectivity index (χ2v) is 7.02. The summed E-state index contributed by atoms with van der Waals surface area (Å²) < 4.78 is 0. The van der Waals surface area contributed by atoms with E-state index in [0.29, 0.717) is 27.4 Å². The van der Waals surface area contributed by atoms with Crippen LogP contribution in [-0.4, -0.2) is 28.0 Å². The number of amides is 1. The molecule has 0 saturated carbocycles. The number of nitrogens with one attached hydrogen (secondary N) is 1. The van der Waals surface area contributed by atoms with Crippen LogP contribution in [0.25, 0.3) is 21.8 Å². The topological polar surface area (TPSA) is 79.3 Å². The number of aromatic nitrogens is 1. The lowest BCUT2D eigenvalue weighted by atomic mass is 9.99. The van der Waals surface area contributed by atoms with Crippen LogP contribution in [0.3, 0.4) is 0 Å². The Morgan fingerprint density at radius 2 is 1.45 bits per heavy atom. The van der Waals surface area contributed by atoms with Crippen LogP contribution in [0.5, 0.6) is 0 Å². The highest BCUT2D eigenvalue weighted by Gasteiger charge is 2.24. The van der Waals surface area contributed by atoms with E-state index in [-0.39, 0.29) is 6.42 Å². The fraction of sp³-hybridized carbons (Fsp3) is 0.125. The molecule has 1 aromatic heterocycles. The van der Waals surface area contributed by atoms with E-state index in [4.69, 9.17) is 0 Å². The molecule has 0 unspecified atom stereocenters. The van der Waals surface area contributed by atoms with Crippen LogP contribution in [0.15, 0.2) is 72.8 Å². The van der Waals surface area contributed by atoms with Crippen LogP contribution in [0, 0.1) is 6.92 Å². The number of carboxylic acids is 1. The number of rotatable bonds is 5. The molecule has 1 heterocycles. The van der Waals surface area contributed by atoms with Gasteiger partial charge in [-0.2, -0.15) is 0 Å². The largest absolute Gasteiger partial charge is 0.480 e. The molecule has 4 aromatic rings. The van der Waals surface area contributed by atoms with Crippen molar-refractivity contribution in [2.45, 2.75) is 19.4 Å². The first kappa shape index (κ1) is 18.6. The first-order chi connectivity index (χ1) is 14.0. The second kappa shape index (κ2) is 7.72. The summed E-state index contributed by atoms with van der Waals surface area (Å²) in [4.78, 5) is 29.8. The Bertz CT molecular complexity index is 1180. The normalized spacial score (nSPS) is 12.0. The monoisotopic (exact) mass is 384 g/mol. The molecule has 0 fully saturated rings. The number of benzene rings is 3. The zero-order valence-corrected chi connectivity index (χ0v) is 15.9. The highest BCUT2D eigenvalue weighted by molar-refractivity contribution is 6.16. The van der Waals surface area contributed by atoms with Crippen molar-refractivity contribution in [2.24, 2.45) is 0 Å². The molecule has 144 valence electrons. The van der Waals surface area contributed by atoms with E-state index >= 15 is 0 Å². The van der Waals surface area contributed by atoms with Gasteiger partial charge < -0.3 is 10.4 Å². The highest BCUT2D eigenvalue weighted by atomic mass is 16.4. The Kier molecular flexibility index (Phi) is 4.96. The van der Waals surface area contributed by atoms with Gasteiger partial charge in [0.2, 0.25) is 0 Å². The summed E-state index contributed by atoms with van der Waals surface area (Å²) in [6.07, 6.45) is 0.217. The van der Waals surface area contributed by atoms with Gasteiger partial charge >= 0.3 is 5.97 Å². The summed E-state index contributed by atoms with van der Waals surface area (Å²) in [6.45, 7) is 1.93. The zero-order chi connectivity index (χ0) is 20.4. The van der Waals surface area contributed by atoms with Crippen molar-refractivity contribution < 1.29 is 14.7 Å². The number of pyridine rings is 1. The standard InChI is InChI=1S/C24H20N2O3/c1-15-8-2-3-9-16(15)14-21(24(28)29)26-23(27)22-17-10-4-6-12-19(17)25-20-13-7-5-11-18(20)22/h2-13,21H,14H2,1H3,(H,26,27)(H,28,29)/t21-/m0/s1. The van der Waals surface area contributed by atoms with E-state index < -0.39 is 17.9 Å². The number of fused-ring (bicyclic) bond motifs is 2. The average molecular weight is 384 g/mol. The second-order valence-electron chi connectivity index (χ2n) is 7.02. The molecule has 0 aliphatic heterocycles. The van der Waals surface area contributed by atoms with Crippen molar-refractivity contribution in [1.29, 1.82) is 0 Å². The lowest BCUT2D eigenvalue weighted by Crippen LogP contribution is -2.42.